The van der Waals surface area contributed by atoms with Crippen LogP contribution in [0.15, 0.2) is 115 Å². The van der Waals surface area contributed by atoms with Gasteiger partial charge in [-0.3, -0.25) is 0 Å². The second-order valence-electron chi connectivity index (χ2n) is 6.74. The number of hydrogen-bond donors (Lipinski definition) is 0. The third kappa shape index (κ3) is 4.45. The lowest BCUT2D eigenvalue weighted by Gasteiger charge is -2.26. The van der Waals surface area contributed by atoms with Gasteiger partial charge >= 0.3 is 0 Å². The summed E-state index contributed by atoms with van der Waals surface area (Å²) in [5.74, 6) is 0. The molecule has 0 unspecified atom stereocenters. The minimum atomic E-state index is 0.883. The molecule has 0 atom stereocenters. The second kappa shape index (κ2) is 8.37. The molecule has 0 radical (unpaired) electrons. The normalized spacial score (nSPS) is 10.5. The van der Waals surface area contributed by atoms with E-state index in [0.29, 0.717) is 0 Å². The molecule has 27 heavy (non-hydrogen) atoms. The van der Waals surface area contributed by atoms with Crippen LogP contribution in [-0.4, -0.2) is 0 Å². The smallest absolute Gasteiger partial charge is 0.0433 e. The fourth-order valence-electron chi connectivity index (χ4n) is 3.36. The zero-order valence-electron chi connectivity index (χ0n) is 15.3. The molecule has 0 amide bonds. The van der Waals surface area contributed by atoms with Gasteiger partial charge < -0.3 is 4.90 Å². The van der Waals surface area contributed by atoms with E-state index in [-0.39, 0.29) is 0 Å². The summed E-state index contributed by atoms with van der Waals surface area (Å²) >= 11 is 0. The van der Waals surface area contributed by atoms with Crippen molar-refractivity contribution in [2.45, 2.75) is 13.1 Å². The minimum Gasteiger partial charge on any atom is -0.363 e. The highest BCUT2D eigenvalue weighted by molar-refractivity contribution is 5.68. The van der Waals surface area contributed by atoms with Crippen molar-refractivity contribution in [3.05, 3.63) is 126 Å². The van der Waals surface area contributed by atoms with E-state index >= 15 is 0 Å². The maximum atomic E-state index is 2.44. The molecule has 0 saturated heterocycles. The van der Waals surface area contributed by atoms with Crippen molar-refractivity contribution in [3.8, 4) is 11.1 Å². The summed E-state index contributed by atoms with van der Waals surface area (Å²) < 4.78 is 0. The first-order valence-corrected chi connectivity index (χ1v) is 9.37. The minimum absolute atomic E-state index is 0.883. The molecular formula is C26H23N. The van der Waals surface area contributed by atoms with Crippen molar-refractivity contribution in [2.24, 2.45) is 0 Å². The van der Waals surface area contributed by atoms with Crippen molar-refractivity contribution in [3.63, 3.8) is 0 Å². The number of benzene rings is 4. The van der Waals surface area contributed by atoms with Gasteiger partial charge in [-0.15, -0.1) is 0 Å². The predicted octanol–water partition coefficient (Wildman–Crippen LogP) is 6.56. The monoisotopic (exact) mass is 349 g/mol. The van der Waals surface area contributed by atoms with Gasteiger partial charge in [-0.25, -0.2) is 0 Å². The second-order valence-corrected chi connectivity index (χ2v) is 6.74. The van der Waals surface area contributed by atoms with Crippen LogP contribution in [0.5, 0.6) is 0 Å². The zero-order chi connectivity index (χ0) is 18.3. The summed E-state index contributed by atoms with van der Waals surface area (Å²) in [6.45, 7) is 1.77. The largest absolute Gasteiger partial charge is 0.363 e. The van der Waals surface area contributed by atoms with E-state index in [1.165, 1.54) is 27.9 Å². The van der Waals surface area contributed by atoms with E-state index in [9.17, 15) is 0 Å². The Morgan fingerprint density at radius 3 is 1.48 bits per heavy atom. The van der Waals surface area contributed by atoms with Crippen molar-refractivity contribution < 1.29 is 0 Å². The fourth-order valence-corrected chi connectivity index (χ4v) is 3.36. The van der Waals surface area contributed by atoms with E-state index in [1.807, 2.05) is 0 Å². The predicted molar refractivity (Wildman–Crippen MR) is 115 cm³/mol. The highest BCUT2D eigenvalue weighted by Gasteiger charge is 2.10. The molecule has 0 aliphatic rings. The highest BCUT2D eigenvalue weighted by Crippen LogP contribution is 2.27. The maximum absolute atomic E-state index is 2.44. The lowest BCUT2D eigenvalue weighted by atomic mass is 10.0. The Bertz CT molecular complexity index is 921. The standard InChI is InChI=1S/C26H23N/c1-4-11-22(12-5-1)20-27(21-23-13-6-2-7-14-23)26-18-10-17-25(19-26)24-15-8-3-9-16-24/h1-19H,20-21H2. The first-order valence-electron chi connectivity index (χ1n) is 9.37. The number of rotatable bonds is 6. The van der Waals surface area contributed by atoms with Crippen LogP contribution in [0.2, 0.25) is 0 Å². The quantitative estimate of drug-likeness (QED) is 0.381. The van der Waals surface area contributed by atoms with Crippen LogP contribution in [0, 0.1) is 0 Å². The van der Waals surface area contributed by atoms with E-state index in [4.69, 9.17) is 0 Å². The van der Waals surface area contributed by atoms with Crippen molar-refractivity contribution >= 4 is 5.69 Å². The molecule has 4 rings (SSSR count). The molecule has 0 aliphatic carbocycles. The average molecular weight is 349 g/mol. The first-order chi connectivity index (χ1) is 13.4. The molecule has 0 aromatic heterocycles. The number of nitrogens with zero attached hydrogens (tertiary/aromatic N) is 1. The Labute approximate surface area is 161 Å². The van der Waals surface area contributed by atoms with Gasteiger partial charge in [0.05, 0.1) is 0 Å². The van der Waals surface area contributed by atoms with Crippen LogP contribution in [0.1, 0.15) is 11.1 Å². The molecule has 1 heteroatoms. The molecule has 4 aromatic carbocycles. The molecule has 0 aliphatic heterocycles. The zero-order valence-corrected chi connectivity index (χ0v) is 15.3. The Morgan fingerprint density at radius 2 is 0.926 bits per heavy atom. The molecule has 132 valence electrons. The Hall–Kier alpha value is -3.32. The van der Waals surface area contributed by atoms with Gasteiger partial charge in [-0.05, 0) is 34.4 Å². The summed E-state index contributed by atoms with van der Waals surface area (Å²) in [4.78, 5) is 2.44. The summed E-state index contributed by atoms with van der Waals surface area (Å²) in [6.07, 6.45) is 0. The van der Waals surface area contributed by atoms with Crippen molar-refractivity contribution in [1.82, 2.24) is 0 Å². The lowest BCUT2D eigenvalue weighted by Crippen LogP contribution is -2.22. The molecule has 1 nitrogen and oxygen atoms in total. The SMILES string of the molecule is c1ccc(CN(Cc2ccccc2)c2cccc(-c3ccccc3)c2)cc1. The number of hydrogen-bond acceptors (Lipinski definition) is 1. The molecule has 4 aromatic rings. The van der Waals surface area contributed by atoms with Crippen LogP contribution in [0.4, 0.5) is 5.69 Å². The summed E-state index contributed by atoms with van der Waals surface area (Å²) in [7, 11) is 0. The van der Waals surface area contributed by atoms with Crippen LogP contribution in [-0.2, 0) is 13.1 Å². The summed E-state index contributed by atoms with van der Waals surface area (Å²) in [5, 5.41) is 0. The number of anilines is 1. The van der Waals surface area contributed by atoms with Crippen LogP contribution >= 0.6 is 0 Å². The van der Waals surface area contributed by atoms with Crippen LogP contribution < -0.4 is 4.90 Å². The molecule has 0 heterocycles. The summed E-state index contributed by atoms with van der Waals surface area (Å²) in [6, 6.07) is 40.8. The first kappa shape index (κ1) is 17.1. The van der Waals surface area contributed by atoms with Gasteiger partial charge in [-0.2, -0.15) is 0 Å². The Morgan fingerprint density at radius 1 is 0.444 bits per heavy atom. The molecule has 0 fully saturated rings. The van der Waals surface area contributed by atoms with Crippen LogP contribution in [0.3, 0.4) is 0 Å². The van der Waals surface area contributed by atoms with E-state index in [2.05, 4.69) is 120 Å². The summed E-state index contributed by atoms with van der Waals surface area (Å²) in [5.41, 5.74) is 6.37. The fraction of sp³-hybridized carbons (Fsp3) is 0.0769. The Balaban J connectivity index is 1.67. The third-order valence-electron chi connectivity index (χ3n) is 4.75. The average Bonchev–Trinajstić information content (AvgIpc) is 2.75. The topological polar surface area (TPSA) is 3.24 Å². The molecule has 0 spiro atoms. The molecular weight excluding hydrogens is 326 g/mol. The lowest BCUT2D eigenvalue weighted by molar-refractivity contribution is 0.800. The van der Waals surface area contributed by atoms with E-state index in [1.54, 1.807) is 0 Å². The van der Waals surface area contributed by atoms with Gasteiger partial charge in [0.2, 0.25) is 0 Å². The van der Waals surface area contributed by atoms with Gasteiger partial charge in [0.15, 0.2) is 0 Å². The van der Waals surface area contributed by atoms with E-state index < -0.39 is 0 Å². The third-order valence-corrected chi connectivity index (χ3v) is 4.75. The van der Waals surface area contributed by atoms with Gasteiger partial charge in [0.25, 0.3) is 0 Å². The Kier molecular flexibility index (Phi) is 5.31. The van der Waals surface area contributed by atoms with Gasteiger partial charge in [0.1, 0.15) is 0 Å². The van der Waals surface area contributed by atoms with E-state index in [0.717, 1.165) is 13.1 Å². The van der Waals surface area contributed by atoms with Crippen LogP contribution in [0.25, 0.3) is 11.1 Å². The molecule has 0 bridgehead atoms. The van der Waals surface area contributed by atoms with Gasteiger partial charge in [0, 0.05) is 18.8 Å². The van der Waals surface area contributed by atoms with Crippen molar-refractivity contribution in [1.29, 1.82) is 0 Å². The molecule has 0 saturated carbocycles. The van der Waals surface area contributed by atoms with Gasteiger partial charge in [-0.1, -0.05) is 103 Å². The maximum Gasteiger partial charge on any atom is 0.0433 e. The highest BCUT2D eigenvalue weighted by atomic mass is 15.1. The molecule has 0 N–H and O–H groups in total. The van der Waals surface area contributed by atoms with Crippen molar-refractivity contribution in [2.75, 3.05) is 4.90 Å².